The summed E-state index contributed by atoms with van der Waals surface area (Å²) in [6.07, 6.45) is 1.13. The Hall–Kier alpha value is -6.18. The van der Waals surface area contributed by atoms with E-state index in [1.54, 1.807) is 0 Å². The number of aromatic amines is 2. The van der Waals surface area contributed by atoms with Gasteiger partial charge in [0.25, 0.3) is 0 Å². The first-order valence-electron chi connectivity index (χ1n) is 20.5. The van der Waals surface area contributed by atoms with E-state index in [9.17, 15) is 19.2 Å². The zero-order valence-electron chi connectivity index (χ0n) is 34.6. The molecule has 2 aliphatic heterocycles. The molecule has 0 bridgehead atoms. The highest BCUT2D eigenvalue weighted by molar-refractivity contribution is 6.07. The molecule has 8 rings (SSSR count). The molecule has 4 N–H and O–H groups in total. The average molecular weight is 801 g/mol. The molecule has 5 atom stereocenters. The van der Waals surface area contributed by atoms with E-state index in [2.05, 4.69) is 76.1 Å². The highest BCUT2D eigenvalue weighted by atomic mass is 16.5. The third-order valence-corrected chi connectivity index (χ3v) is 12.0. The SMILES string of the molecule is COC(=O)N[C@H](C(=O)N1CCC[C@H]1c1nc2c(ccc3cc(-c4ccc5c(ccc6[nH]c([C@@H]7C[C@H](C)CN7C(=O)[C@@H](NC(=O)OC)C(C)C)nc65)c4)ccc32)[nH]1)C(C)C. The Labute approximate surface area is 342 Å². The summed E-state index contributed by atoms with van der Waals surface area (Å²) < 4.78 is 9.60. The van der Waals surface area contributed by atoms with Gasteiger partial charge in [-0.1, -0.05) is 71.0 Å². The van der Waals surface area contributed by atoms with Gasteiger partial charge in [0.15, 0.2) is 0 Å². The molecule has 2 aliphatic rings. The third-order valence-electron chi connectivity index (χ3n) is 12.0. The first-order chi connectivity index (χ1) is 28.3. The molecule has 4 amide bonds. The Balaban J connectivity index is 1.05. The van der Waals surface area contributed by atoms with Gasteiger partial charge >= 0.3 is 12.2 Å². The van der Waals surface area contributed by atoms with E-state index in [-0.39, 0.29) is 41.7 Å². The minimum absolute atomic E-state index is 0.114. The van der Waals surface area contributed by atoms with E-state index < -0.39 is 24.3 Å². The van der Waals surface area contributed by atoms with Crippen molar-refractivity contribution in [3.8, 4) is 11.1 Å². The Morgan fingerprint density at radius 1 is 0.695 bits per heavy atom. The molecular formula is C45H52N8O6. The Morgan fingerprint density at radius 2 is 1.19 bits per heavy atom. The van der Waals surface area contributed by atoms with Crippen LogP contribution in [-0.4, -0.2) is 93.1 Å². The molecule has 0 saturated carbocycles. The Morgan fingerprint density at radius 3 is 1.68 bits per heavy atom. The van der Waals surface area contributed by atoms with E-state index in [0.29, 0.717) is 13.1 Å². The molecule has 2 saturated heterocycles. The number of nitrogens with zero attached hydrogens (tertiary/aromatic N) is 4. The fourth-order valence-corrected chi connectivity index (χ4v) is 8.94. The van der Waals surface area contributed by atoms with Crippen molar-refractivity contribution >= 4 is 67.6 Å². The normalized spacial score (nSPS) is 19.3. The van der Waals surface area contributed by atoms with E-state index in [1.165, 1.54) is 14.2 Å². The third kappa shape index (κ3) is 7.40. The smallest absolute Gasteiger partial charge is 0.407 e. The molecule has 6 aromatic rings. The van der Waals surface area contributed by atoms with Crippen molar-refractivity contribution in [2.75, 3.05) is 27.3 Å². The van der Waals surface area contributed by atoms with Crippen LogP contribution in [0.4, 0.5) is 9.59 Å². The first kappa shape index (κ1) is 39.6. The number of likely N-dealkylation sites (tertiary alicyclic amines) is 2. The van der Waals surface area contributed by atoms with Crippen LogP contribution in [0.25, 0.3) is 54.7 Å². The van der Waals surface area contributed by atoms with Crippen molar-refractivity contribution in [2.45, 2.75) is 78.0 Å². The van der Waals surface area contributed by atoms with Gasteiger partial charge in [-0.25, -0.2) is 19.6 Å². The maximum atomic E-state index is 13.9. The number of ether oxygens (including phenoxy) is 2. The van der Waals surface area contributed by atoms with Crippen molar-refractivity contribution < 1.29 is 28.7 Å². The summed E-state index contributed by atoms with van der Waals surface area (Å²) in [5.41, 5.74) is 5.63. The second-order valence-corrected chi connectivity index (χ2v) is 16.8. The molecule has 59 heavy (non-hydrogen) atoms. The predicted octanol–water partition coefficient (Wildman–Crippen LogP) is 7.75. The average Bonchev–Trinajstić information content (AvgIpc) is 4.05. The molecule has 2 fully saturated rings. The van der Waals surface area contributed by atoms with Gasteiger partial charge in [-0.15, -0.1) is 0 Å². The predicted molar refractivity (Wildman–Crippen MR) is 226 cm³/mol. The molecule has 308 valence electrons. The summed E-state index contributed by atoms with van der Waals surface area (Å²) in [4.78, 5) is 72.6. The van der Waals surface area contributed by atoms with Gasteiger partial charge in [0.05, 0.1) is 48.4 Å². The molecule has 4 heterocycles. The van der Waals surface area contributed by atoms with Crippen LogP contribution >= 0.6 is 0 Å². The van der Waals surface area contributed by atoms with Crippen molar-refractivity contribution in [3.63, 3.8) is 0 Å². The molecule has 2 aromatic heterocycles. The lowest BCUT2D eigenvalue weighted by atomic mass is 9.98. The number of alkyl carbamates (subject to hydrolysis) is 2. The molecule has 14 nitrogen and oxygen atoms in total. The first-order valence-corrected chi connectivity index (χ1v) is 20.5. The number of aromatic nitrogens is 4. The van der Waals surface area contributed by atoms with E-state index in [1.807, 2.05) is 49.6 Å². The van der Waals surface area contributed by atoms with Crippen LogP contribution in [0, 0.1) is 17.8 Å². The van der Waals surface area contributed by atoms with Gasteiger partial charge in [0.1, 0.15) is 23.7 Å². The van der Waals surface area contributed by atoms with Crippen molar-refractivity contribution in [1.82, 2.24) is 40.4 Å². The number of imidazole rings is 2. The van der Waals surface area contributed by atoms with Crippen molar-refractivity contribution in [1.29, 1.82) is 0 Å². The molecule has 0 aliphatic carbocycles. The highest BCUT2D eigenvalue weighted by Gasteiger charge is 2.41. The van der Waals surface area contributed by atoms with Gasteiger partial charge < -0.3 is 39.9 Å². The number of rotatable bonds is 9. The summed E-state index contributed by atoms with van der Waals surface area (Å²) in [7, 11) is 2.59. The number of carbonyl (C=O) groups excluding carboxylic acids is 4. The fraction of sp³-hybridized carbons (Fsp3) is 0.422. The lowest BCUT2D eigenvalue weighted by molar-refractivity contribution is -0.136. The van der Waals surface area contributed by atoms with Gasteiger partial charge in [-0.2, -0.15) is 0 Å². The van der Waals surface area contributed by atoms with Gasteiger partial charge in [-0.05, 0) is 83.2 Å². The second-order valence-electron chi connectivity index (χ2n) is 16.8. The number of hydrogen-bond acceptors (Lipinski definition) is 8. The Kier molecular flexibility index (Phi) is 10.7. The van der Waals surface area contributed by atoms with Crippen LogP contribution in [0.1, 0.15) is 77.6 Å². The molecular weight excluding hydrogens is 749 g/mol. The molecule has 0 radical (unpaired) electrons. The summed E-state index contributed by atoms with van der Waals surface area (Å²) in [6.45, 7) is 10.9. The van der Waals surface area contributed by atoms with E-state index in [4.69, 9.17) is 19.4 Å². The van der Waals surface area contributed by atoms with Gasteiger partial charge in [0.2, 0.25) is 11.8 Å². The fourth-order valence-electron chi connectivity index (χ4n) is 8.94. The van der Waals surface area contributed by atoms with Crippen molar-refractivity contribution in [3.05, 3.63) is 72.3 Å². The van der Waals surface area contributed by atoms with E-state index >= 15 is 0 Å². The zero-order valence-corrected chi connectivity index (χ0v) is 34.6. The van der Waals surface area contributed by atoms with Crippen LogP contribution in [0.5, 0.6) is 0 Å². The van der Waals surface area contributed by atoms with Crippen LogP contribution < -0.4 is 10.6 Å². The minimum Gasteiger partial charge on any atom is -0.453 e. The second kappa shape index (κ2) is 15.9. The van der Waals surface area contributed by atoms with Crippen LogP contribution in [0.2, 0.25) is 0 Å². The summed E-state index contributed by atoms with van der Waals surface area (Å²) in [5, 5.41) is 9.57. The van der Waals surface area contributed by atoms with Gasteiger partial charge in [0, 0.05) is 23.9 Å². The quantitative estimate of drug-likeness (QED) is 0.115. The monoisotopic (exact) mass is 800 g/mol. The highest BCUT2D eigenvalue weighted by Crippen LogP contribution is 2.39. The zero-order chi connectivity index (χ0) is 41.7. The number of methoxy groups -OCH3 is 2. The van der Waals surface area contributed by atoms with Crippen LogP contribution in [0.3, 0.4) is 0 Å². The lowest BCUT2D eigenvalue weighted by Crippen LogP contribution is -2.51. The Bertz CT molecular complexity index is 2600. The molecule has 0 spiro atoms. The topological polar surface area (TPSA) is 175 Å². The number of hydrogen-bond donors (Lipinski definition) is 4. The van der Waals surface area contributed by atoms with Crippen LogP contribution in [-0.2, 0) is 19.1 Å². The van der Waals surface area contributed by atoms with Crippen molar-refractivity contribution in [2.24, 2.45) is 17.8 Å². The maximum absolute atomic E-state index is 13.9. The summed E-state index contributed by atoms with van der Waals surface area (Å²) in [5.74, 6) is 1.23. The minimum atomic E-state index is -0.709. The lowest BCUT2D eigenvalue weighted by Gasteiger charge is -2.30. The maximum Gasteiger partial charge on any atom is 0.407 e. The van der Waals surface area contributed by atoms with Gasteiger partial charge in [-0.3, -0.25) is 9.59 Å². The number of nitrogens with one attached hydrogen (secondary N) is 4. The molecule has 4 aromatic carbocycles. The van der Waals surface area contributed by atoms with E-state index in [0.717, 1.165) is 85.6 Å². The van der Waals surface area contributed by atoms with Crippen LogP contribution in [0.15, 0.2) is 60.7 Å². The number of H-pyrrole nitrogens is 2. The largest absolute Gasteiger partial charge is 0.453 e. The molecule has 14 heteroatoms. The standard InChI is InChI=1S/C45H52N8O6/c1-23(2)36(50-44(56)58-6)42(54)52-18-8-9-34(52)40-46-32-16-12-28-20-26(10-14-30(28)38(32)48-40)27-11-15-31-29(21-27)13-17-33-39(31)49-41(47-33)35-19-25(5)22-53(35)43(55)37(24(3)4)51-45(57)59-7/h10-17,20-21,23-25,34-37H,8-9,18-19,22H2,1-7H3,(H,46,48)(H,47,49)(H,50,56)(H,51,57)/t25-,34-,35-,36-,37-/m0/s1. The number of amides is 4. The number of carbonyl (C=O) groups is 4. The molecule has 0 unspecified atom stereocenters. The number of fused-ring (bicyclic) bond motifs is 6. The summed E-state index contributed by atoms with van der Waals surface area (Å²) in [6, 6.07) is 19.2. The number of benzene rings is 4. The summed E-state index contributed by atoms with van der Waals surface area (Å²) >= 11 is 0.